The number of phenolic OH excluding ortho intramolecular Hbond substituents is 1. The van der Waals surface area contributed by atoms with Crippen molar-refractivity contribution < 1.29 is 18.4 Å². The minimum Gasteiger partial charge on any atom is -0.506 e. The highest BCUT2D eigenvalue weighted by atomic mass is 35.5. The number of nitro benzene ring substituents is 1. The number of nitrogens with one attached hydrogen (secondary N) is 1. The summed E-state index contributed by atoms with van der Waals surface area (Å²) in [4.78, 5) is 9.54. The number of phenols is 1. The van der Waals surface area contributed by atoms with Crippen molar-refractivity contribution >= 4 is 33.0 Å². The first-order valence-electron chi connectivity index (χ1n) is 5.56. The van der Waals surface area contributed by atoms with E-state index in [0.29, 0.717) is 0 Å². The number of anilines is 1. The van der Waals surface area contributed by atoms with E-state index in [1.165, 1.54) is 24.3 Å². The molecule has 0 aliphatic carbocycles. The minimum absolute atomic E-state index is 0.0555. The van der Waals surface area contributed by atoms with Crippen molar-refractivity contribution in [1.82, 2.24) is 0 Å². The Labute approximate surface area is 125 Å². The van der Waals surface area contributed by atoms with Gasteiger partial charge in [0.25, 0.3) is 15.7 Å². The molecule has 0 aliphatic rings. The molecule has 0 heterocycles. The molecule has 0 saturated heterocycles. The van der Waals surface area contributed by atoms with Crippen molar-refractivity contribution in [2.75, 3.05) is 4.72 Å². The Morgan fingerprint density at radius 2 is 1.86 bits per heavy atom. The van der Waals surface area contributed by atoms with Crippen molar-refractivity contribution in [1.29, 1.82) is 0 Å². The highest BCUT2D eigenvalue weighted by Crippen LogP contribution is 2.30. The van der Waals surface area contributed by atoms with E-state index in [1.54, 1.807) is 0 Å². The number of nitrogens with zero attached hydrogens (tertiary/aromatic N) is 1. The number of hydrogen-bond donors (Lipinski definition) is 2. The maximum Gasteiger partial charge on any atom is 0.270 e. The Morgan fingerprint density at radius 3 is 2.48 bits per heavy atom. The van der Waals surface area contributed by atoms with Gasteiger partial charge in [-0.2, -0.15) is 0 Å². The van der Waals surface area contributed by atoms with Crippen molar-refractivity contribution in [3.05, 3.63) is 57.6 Å². The van der Waals surface area contributed by atoms with E-state index in [2.05, 4.69) is 4.72 Å². The molecule has 0 unspecified atom stereocenters. The fraction of sp³-hybridized carbons (Fsp3) is 0. The number of para-hydroxylation sites is 2. The standard InChI is InChI=1S/C12H9ClN2O5S/c13-9-6-5-8(15(17)18)7-12(9)21(19,20)14-10-3-1-2-4-11(10)16/h1-7,14,16H. The highest BCUT2D eigenvalue weighted by Gasteiger charge is 2.22. The molecule has 7 nitrogen and oxygen atoms in total. The van der Waals surface area contributed by atoms with Crippen LogP contribution in [0.2, 0.25) is 5.02 Å². The number of hydrogen-bond acceptors (Lipinski definition) is 5. The predicted molar refractivity (Wildman–Crippen MR) is 77.0 cm³/mol. The first-order valence-corrected chi connectivity index (χ1v) is 7.42. The summed E-state index contributed by atoms with van der Waals surface area (Å²) >= 11 is 5.79. The molecule has 0 radical (unpaired) electrons. The van der Waals surface area contributed by atoms with Gasteiger partial charge in [-0.25, -0.2) is 8.42 Å². The number of aromatic hydroxyl groups is 1. The molecular weight excluding hydrogens is 320 g/mol. The summed E-state index contributed by atoms with van der Waals surface area (Å²) in [5, 5.41) is 20.1. The molecule has 2 N–H and O–H groups in total. The van der Waals surface area contributed by atoms with Gasteiger partial charge in [0.05, 0.1) is 15.6 Å². The number of sulfonamides is 1. The molecule has 9 heteroatoms. The number of benzene rings is 2. The Bertz CT molecular complexity index is 807. The summed E-state index contributed by atoms with van der Waals surface area (Å²) in [6, 6.07) is 8.76. The van der Waals surface area contributed by atoms with Gasteiger partial charge in [-0.1, -0.05) is 23.7 Å². The maximum atomic E-state index is 12.2. The Hall–Kier alpha value is -2.32. The van der Waals surface area contributed by atoms with Gasteiger partial charge in [0.1, 0.15) is 10.6 Å². The van der Waals surface area contributed by atoms with E-state index < -0.39 is 25.5 Å². The summed E-state index contributed by atoms with van der Waals surface area (Å²) in [7, 11) is -4.17. The molecule has 0 atom stereocenters. The lowest BCUT2D eigenvalue weighted by molar-refractivity contribution is -0.385. The number of halogens is 1. The molecule has 0 aliphatic heterocycles. The van der Waals surface area contributed by atoms with Crippen LogP contribution in [0.25, 0.3) is 0 Å². The van der Waals surface area contributed by atoms with Crippen LogP contribution in [0, 0.1) is 10.1 Å². The number of rotatable bonds is 4. The van der Waals surface area contributed by atoms with E-state index in [1.807, 2.05) is 0 Å². The lowest BCUT2D eigenvalue weighted by Gasteiger charge is -2.10. The highest BCUT2D eigenvalue weighted by molar-refractivity contribution is 7.92. The summed E-state index contributed by atoms with van der Waals surface area (Å²) in [5.41, 5.74) is -0.461. The van der Waals surface area contributed by atoms with Crippen molar-refractivity contribution in [2.45, 2.75) is 4.90 Å². The van der Waals surface area contributed by atoms with Gasteiger partial charge in [0, 0.05) is 12.1 Å². The van der Waals surface area contributed by atoms with Crippen molar-refractivity contribution in [3.8, 4) is 5.75 Å². The van der Waals surface area contributed by atoms with Gasteiger partial charge in [-0.05, 0) is 18.2 Å². The van der Waals surface area contributed by atoms with Gasteiger partial charge < -0.3 is 5.11 Å². The Morgan fingerprint density at radius 1 is 1.19 bits per heavy atom. The molecule has 110 valence electrons. The lowest BCUT2D eigenvalue weighted by atomic mass is 10.3. The van der Waals surface area contributed by atoms with Crippen molar-refractivity contribution in [3.63, 3.8) is 0 Å². The smallest absolute Gasteiger partial charge is 0.270 e. The second kappa shape index (κ2) is 5.58. The van der Waals surface area contributed by atoms with Crippen LogP contribution in [0.15, 0.2) is 47.4 Å². The zero-order valence-corrected chi connectivity index (χ0v) is 11.9. The zero-order valence-electron chi connectivity index (χ0n) is 10.4. The molecule has 0 spiro atoms. The summed E-state index contributed by atoms with van der Waals surface area (Å²) in [6.45, 7) is 0. The second-order valence-corrected chi connectivity index (χ2v) is 6.05. The molecule has 0 saturated carbocycles. The van der Waals surface area contributed by atoms with E-state index in [-0.39, 0.29) is 16.5 Å². The van der Waals surface area contributed by atoms with Crippen LogP contribution >= 0.6 is 11.6 Å². The molecule has 0 aromatic heterocycles. The molecular formula is C12H9ClN2O5S. The summed E-state index contributed by atoms with van der Waals surface area (Å²) in [5.74, 6) is -0.275. The normalized spacial score (nSPS) is 11.1. The third-order valence-corrected chi connectivity index (χ3v) is 4.41. The van der Waals surface area contributed by atoms with Crippen LogP contribution in [0.3, 0.4) is 0 Å². The second-order valence-electron chi connectivity index (χ2n) is 3.99. The number of nitro groups is 1. The lowest BCUT2D eigenvalue weighted by Crippen LogP contribution is -2.13. The Balaban J connectivity index is 2.47. The quantitative estimate of drug-likeness (QED) is 0.509. The van der Waals surface area contributed by atoms with Crippen LogP contribution < -0.4 is 4.72 Å². The molecule has 0 bridgehead atoms. The van der Waals surface area contributed by atoms with Gasteiger partial charge >= 0.3 is 0 Å². The third-order valence-electron chi connectivity index (χ3n) is 2.56. The van der Waals surface area contributed by atoms with E-state index in [4.69, 9.17) is 11.6 Å². The van der Waals surface area contributed by atoms with E-state index in [9.17, 15) is 23.6 Å². The average molecular weight is 329 g/mol. The van der Waals surface area contributed by atoms with Crippen LogP contribution in [-0.4, -0.2) is 18.4 Å². The number of non-ortho nitro benzene ring substituents is 1. The van der Waals surface area contributed by atoms with Gasteiger partial charge in [0.2, 0.25) is 0 Å². The minimum atomic E-state index is -4.17. The molecule has 2 aromatic rings. The Kier molecular flexibility index (Phi) is 4.01. The predicted octanol–water partition coefficient (Wildman–Crippen LogP) is 2.75. The van der Waals surface area contributed by atoms with E-state index >= 15 is 0 Å². The monoisotopic (exact) mass is 328 g/mol. The van der Waals surface area contributed by atoms with Crippen LogP contribution in [0.1, 0.15) is 0 Å². The molecule has 21 heavy (non-hydrogen) atoms. The van der Waals surface area contributed by atoms with Gasteiger partial charge in [-0.3, -0.25) is 14.8 Å². The largest absolute Gasteiger partial charge is 0.506 e. The summed E-state index contributed by atoms with van der Waals surface area (Å²) in [6.07, 6.45) is 0. The van der Waals surface area contributed by atoms with Crippen molar-refractivity contribution in [2.24, 2.45) is 0 Å². The molecule has 2 aromatic carbocycles. The first kappa shape index (κ1) is 15.1. The van der Waals surface area contributed by atoms with Crippen LogP contribution in [0.5, 0.6) is 5.75 Å². The molecule has 0 amide bonds. The van der Waals surface area contributed by atoms with Crippen LogP contribution in [0.4, 0.5) is 11.4 Å². The van der Waals surface area contributed by atoms with Crippen LogP contribution in [-0.2, 0) is 10.0 Å². The topological polar surface area (TPSA) is 110 Å². The summed E-state index contributed by atoms with van der Waals surface area (Å²) < 4.78 is 26.6. The fourth-order valence-corrected chi connectivity index (χ4v) is 3.17. The van der Waals surface area contributed by atoms with Gasteiger partial charge in [-0.15, -0.1) is 0 Å². The zero-order chi connectivity index (χ0) is 15.6. The SMILES string of the molecule is O=[N+]([O-])c1ccc(Cl)c(S(=O)(=O)Nc2ccccc2O)c1. The maximum absolute atomic E-state index is 12.2. The molecule has 2 rings (SSSR count). The van der Waals surface area contributed by atoms with Gasteiger partial charge in [0.15, 0.2) is 0 Å². The third kappa shape index (κ3) is 3.23. The molecule has 0 fully saturated rings. The fourth-order valence-electron chi connectivity index (χ4n) is 1.57. The van der Waals surface area contributed by atoms with E-state index in [0.717, 1.165) is 18.2 Å². The first-order chi connectivity index (χ1) is 9.81. The average Bonchev–Trinajstić information content (AvgIpc) is 2.41.